The zero-order valence-electron chi connectivity index (χ0n) is 13.1. The minimum Gasteiger partial charge on any atom is -0.480 e. The van der Waals surface area contributed by atoms with Crippen molar-refractivity contribution >= 4 is 5.69 Å². The van der Waals surface area contributed by atoms with Crippen molar-refractivity contribution in [1.29, 1.82) is 0 Å². The first kappa shape index (κ1) is 17.8. The van der Waals surface area contributed by atoms with Crippen LogP contribution in [0.5, 0.6) is 5.75 Å². The molecule has 0 spiro atoms. The Kier molecular flexibility index (Phi) is 7.19. The maximum absolute atomic E-state index is 11.1. The summed E-state index contributed by atoms with van der Waals surface area (Å²) in [5.41, 5.74) is 7.72. The molecule has 0 aromatic heterocycles. The molecule has 120 valence electrons. The van der Waals surface area contributed by atoms with E-state index in [-0.39, 0.29) is 18.0 Å². The van der Waals surface area contributed by atoms with Crippen molar-refractivity contribution < 1.29 is 9.66 Å². The fourth-order valence-electron chi connectivity index (χ4n) is 2.23. The van der Waals surface area contributed by atoms with Gasteiger partial charge in [-0.05, 0) is 31.4 Å². The summed E-state index contributed by atoms with van der Waals surface area (Å²) < 4.78 is 5.87. The molecule has 7 heteroatoms. The maximum atomic E-state index is 11.1. The highest BCUT2D eigenvalue weighted by molar-refractivity contribution is 5.46. The smallest absolute Gasteiger partial charge is 0.310 e. The van der Waals surface area contributed by atoms with Gasteiger partial charge in [0.05, 0.1) is 11.5 Å². The van der Waals surface area contributed by atoms with Gasteiger partial charge in [0.1, 0.15) is 5.60 Å². The topological polar surface area (TPSA) is 101 Å². The third kappa shape index (κ3) is 5.61. The van der Waals surface area contributed by atoms with Crippen LogP contribution < -0.4 is 4.74 Å². The Morgan fingerprint density at radius 2 is 2.09 bits per heavy atom. The molecule has 1 aromatic carbocycles. The summed E-state index contributed by atoms with van der Waals surface area (Å²) in [5.74, 6) is 0.207. The monoisotopic (exact) mass is 306 g/mol. The Morgan fingerprint density at radius 1 is 1.36 bits per heavy atom. The number of azide groups is 1. The van der Waals surface area contributed by atoms with Gasteiger partial charge < -0.3 is 4.74 Å². The minimum absolute atomic E-state index is 0.0804. The zero-order chi connectivity index (χ0) is 16.4. The first-order valence-electron chi connectivity index (χ1n) is 7.45. The molecule has 0 aliphatic carbocycles. The van der Waals surface area contributed by atoms with E-state index in [1.807, 2.05) is 6.92 Å². The number of nitro benzene ring substituents is 1. The summed E-state index contributed by atoms with van der Waals surface area (Å²) in [6.07, 6.45) is 4.91. The number of rotatable bonds is 10. The van der Waals surface area contributed by atoms with Gasteiger partial charge in [0.25, 0.3) is 0 Å². The van der Waals surface area contributed by atoms with Crippen LogP contribution in [0.1, 0.15) is 46.0 Å². The predicted molar refractivity (Wildman–Crippen MR) is 84.9 cm³/mol. The van der Waals surface area contributed by atoms with Crippen molar-refractivity contribution in [1.82, 2.24) is 0 Å². The number of hydrogen-bond donors (Lipinski definition) is 0. The van der Waals surface area contributed by atoms with Crippen molar-refractivity contribution in [2.75, 3.05) is 6.54 Å². The number of ether oxygens (including phenoxy) is 1. The highest BCUT2D eigenvalue weighted by Gasteiger charge is 2.28. The van der Waals surface area contributed by atoms with Crippen molar-refractivity contribution in [3.8, 4) is 5.75 Å². The molecule has 0 saturated heterocycles. The summed E-state index contributed by atoms with van der Waals surface area (Å²) in [4.78, 5) is 13.4. The molecule has 1 rings (SSSR count). The Hall–Kier alpha value is -2.27. The number of unbranched alkanes of at least 4 members (excludes halogenated alkanes) is 3. The van der Waals surface area contributed by atoms with E-state index >= 15 is 0 Å². The fourth-order valence-corrected chi connectivity index (χ4v) is 2.23. The molecule has 0 aliphatic rings. The second-order valence-electron chi connectivity index (χ2n) is 5.48. The lowest BCUT2D eigenvalue weighted by Gasteiger charge is -2.29. The lowest BCUT2D eigenvalue weighted by molar-refractivity contribution is -0.386. The van der Waals surface area contributed by atoms with Crippen LogP contribution in [-0.2, 0) is 0 Å². The number of benzene rings is 1. The lowest BCUT2D eigenvalue weighted by Crippen LogP contribution is -2.36. The summed E-state index contributed by atoms with van der Waals surface area (Å²) in [6.45, 7) is 4.09. The van der Waals surface area contributed by atoms with Crippen LogP contribution in [0.25, 0.3) is 10.4 Å². The molecule has 0 radical (unpaired) electrons. The van der Waals surface area contributed by atoms with Gasteiger partial charge in [-0.2, -0.15) is 0 Å². The van der Waals surface area contributed by atoms with Gasteiger partial charge in [0, 0.05) is 11.0 Å². The second kappa shape index (κ2) is 8.89. The SMILES string of the molecule is CCCCCCC(C)(CN=[N+]=[N-])Oc1ccccc1[N+](=O)[O-]. The molecule has 0 amide bonds. The second-order valence-corrected chi connectivity index (χ2v) is 5.48. The molecular weight excluding hydrogens is 284 g/mol. The normalized spacial score (nSPS) is 13.0. The molecule has 0 N–H and O–H groups in total. The van der Waals surface area contributed by atoms with E-state index in [1.165, 1.54) is 6.07 Å². The maximum Gasteiger partial charge on any atom is 0.310 e. The van der Waals surface area contributed by atoms with E-state index in [0.717, 1.165) is 25.7 Å². The summed E-state index contributed by atoms with van der Waals surface area (Å²) in [7, 11) is 0. The Bertz CT molecular complexity index is 543. The Balaban J connectivity index is 2.88. The van der Waals surface area contributed by atoms with E-state index in [1.54, 1.807) is 18.2 Å². The van der Waals surface area contributed by atoms with Crippen LogP contribution in [0, 0.1) is 10.1 Å². The third-order valence-electron chi connectivity index (χ3n) is 3.45. The average molecular weight is 306 g/mol. The van der Waals surface area contributed by atoms with E-state index < -0.39 is 10.5 Å². The first-order chi connectivity index (χ1) is 10.5. The number of nitro groups is 1. The molecule has 1 atom stereocenters. The van der Waals surface area contributed by atoms with Gasteiger partial charge in [-0.15, -0.1) is 0 Å². The standard InChI is InChI=1S/C15H22N4O3/c1-3-4-5-8-11-15(2,12-17-18-16)22-14-10-7-6-9-13(14)19(20)21/h6-7,9-10H,3-5,8,11-12H2,1-2H3. The quantitative estimate of drug-likeness (QED) is 0.151. The van der Waals surface area contributed by atoms with Crippen molar-refractivity contribution in [2.24, 2.45) is 5.11 Å². The zero-order valence-corrected chi connectivity index (χ0v) is 13.1. The minimum atomic E-state index is -0.744. The van der Waals surface area contributed by atoms with Gasteiger partial charge in [-0.25, -0.2) is 0 Å². The Morgan fingerprint density at radius 3 is 2.73 bits per heavy atom. The highest BCUT2D eigenvalue weighted by atomic mass is 16.6. The molecular formula is C15H22N4O3. The van der Waals surface area contributed by atoms with Crippen LogP contribution in [0.15, 0.2) is 29.4 Å². The molecule has 0 fully saturated rings. The first-order valence-corrected chi connectivity index (χ1v) is 7.45. The number of nitrogens with zero attached hydrogens (tertiary/aromatic N) is 4. The van der Waals surface area contributed by atoms with E-state index in [4.69, 9.17) is 10.3 Å². The molecule has 1 unspecified atom stereocenters. The van der Waals surface area contributed by atoms with E-state index in [9.17, 15) is 10.1 Å². The molecule has 0 heterocycles. The molecule has 0 aliphatic heterocycles. The van der Waals surface area contributed by atoms with Crippen LogP contribution in [-0.4, -0.2) is 17.1 Å². The van der Waals surface area contributed by atoms with Crippen LogP contribution in [0.3, 0.4) is 0 Å². The Labute approximate surface area is 130 Å². The van der Waals surface area contributed by atoms with Crippen LogP contribution in [0.2, 0.25) is 0 Å². The molecule has 0 bridgehead atoms. The molecule has 1 aromatic rings. The molecule has 22 heavy (non-hydrogen) atoms. The fraction of sp³-hybridized carbons (Fsp3) is 0.600. The highest BCUT2D eigenvalue weighted by Crippen LogP contribution is 2.31. The van der Waals surface area contributed by atoms with Gasteiger partial charge in [-0.3, -0.25) is 10.1 Å². The number of para-hydroxylation sites is 2. The summed E-state index contributed by atoms with van der Waals surface area (Å²) in [5, 5.41) is 14.7. The van der Waals surface area contributed by atoms with E-state index in [2.05, 4.69) is 16.9 Å². The summed E-state index contributed by atoms with van der Waals surface area (Å²) >= 11 is 0. The number of hydrogen-bond acceptors (Lipinski definition) is 4. The van der Waals surface area contributed by atoms with Gasteiger partial charge in [-0.1, -0.05) is 43.4 Å². The van der Waals surface area contributed by atoms with Crippen LogP contribution >= 0.6 is 0 Å². The third-order valence-corrected chi connectivity index (χ3v) is 3.45. The lowest BCUT2D eigenvalue weighted by atomic mass is 9.97. The van der Waals surface area contributed by atoms with E-state index in [0.29, 0.717) is 6.42 Å². The van der Waals surface area contributed by atoms with Crippen molar-refractivity contribution in [2.45, 2.75) is 51.6 Å². The van der Waals surface area contributed by atoms with Crippen molar-refractivity contribution in [3.63, 3.8) is 0 Å². The predicted octanol–water partition coefficient (Wildman–Crippen LogP) is 5.01. The summed E-state index contributed by atoms with van der Waals surface area (Å²) in [6, 6.07) is 6.25. The molecule has 7 nitrogen and oxygen atoms in total. The van der Waals surface area contributed by atoms with Gasteiger partial charge in [0.2, 0.25) is 0 Å². The van der Waals surface area contributed by atoms with Crippen molar-refractivity contribution in [3.05, 3.63) is 44.8 Å². The molecule has 0 saturated carbocycles. The average Bonchev–Trinajstić information content (AvgIpc) is 2.50. The van der Waals surface area contributed by atoms with Gasteiger partial charge in [0.15, 0.2) is 5.75 Å². The van der Waals surface area contributed by atoms with Gasteiger partial charge >= 0.3 is 5.69 Å². The largest absolute Gasteiger partial charge is 0.480 e. The van der Waals surface area contributed by atoms with Crippen LogP contribution in [0.4, 0.5) is 5.69 Å².